The van der Waals surface area contributed by atoms with Gasteiger partial charge in [-0.05, 0) is 23.0 Å². The van der Waals surface area contributed by atoms with Gasteiger partial charge >= 0.3 is 0 Å². The second-order valence-corrected chi connectivity index (χ2v) is 7.82. The monoisotopic (exact) mass is 302 g/mol. The van der Waals surface area contributed by atoms with Crippen molar-refractivity contribution in [1.29, 1.82) is 0 Å². The van der Waals surface area contributed by atoms with E-state index in [1.807, 2.05) is 24.4 Å². The van der Waals surface area contributed by atoms with E-state index in [0.717, 1.165) is 23.5 Å². The average molecular weight is 302 g/mol. The summed E-state index contributed by atoms with van der Waals surface area (Å²) in [5.74, 6) is 0. The fourth-order valence-electron chi connectivity index (χ4n) is 2.71. The summed E-state index contributed by atoms with van der Waals surface area (Å²) < 4.78 is 0. The maximum absolute atomic E-state index is 10.4. The molecule has 0 fully saturated rings. The van der Waals surface area contributed by atoms with Crippen molar-refractivity contribution in [2.24, 2.45) is 0 Å². The van der Waals surface area contributed by atoms with E-state index in [1.165, 1.54) is 10.4 Å². The van der Waals surface area contributed by atoms with Gasteiger partial charge in [0.05, 0.1) is 6.10 Å². The number of hydrogen-bond acceptors (Lipinski definition) is 4. The van der Waals surface area contributed by atoms with Crippen molar-refractivity contribution in [2.75, 3.05) is 0 Å². The molecule has 2 atom stereocenters. The number of aromatic nitrogens is 1. The van der Waals surface area contributed by atoms with Gasteiger partial charge in [-0.2, -0.15) is 0 Å². The van der Waals surface area contributed by atoms with Gasteiger partial charge in [-0.25, -0.2) is 4.98 Å². The van der Waals surface area contributed by atoms with Crippen molar-refractivity contribution in [3.63, 3.8) is 0 Å². The Balaban J connectivity index is 1.63. The molecule has 1 aliphatic carbocycles. The Morgan fingerprint density at radius 2 is 2.10 bits per heavy atom. The SMILES string of the molecule is CC(C)(C)c1cnc(CN[C@@H]2Cc3ccccc3[C@H]2O)s1. The molecule has 1 aromatic heterocycles. The molecule has 0 spiro atoms. The lowest BCUT2D eigenvalue weighted by molar-refractivity contribution is 0.141. The summed E-state index contributed by atoms with van der Waals surface area (Å²) in [6, 6.07) is 8.22. The third-order valence-electron chi connectivity index (χ3n) is 4.00. The van der Waals surface area contributed by atoms with Crippen molar-refractivity contribution in [3.05, 3.63) is 51.5 Å². The second-order valence-electron chi connectivity index (χ2n) is 6.70. The Morgan fingerprint density at radius 1 is 1.33 bits per heavy atom. The number of fused-ring (bicyclic) bond motifs is 1. The third kappa shape index (κ3) is 3.03. The van der Waals surface area contributed by atoms with E-state index < -0.39 is 6.10 Å². The smallest absolute Gasteiger partial charge is 0.107 e. The van der Waals surface area contributed by atoms with Crippen LogP contribution in [0.15, 0.2) is 30.5 Å². The zero-order valence-corrected chi connectivity index (χ0v) is 13.6. The maximum Gasteiger partial charge on any atom is 0.107 e. The van der Waals surface area contributed by atoms with Crippen LogP contribution in [0.4, 0.5) is 0 Å². The summed E-state index contributed by atoms with van der Waals surface area (Å²) in [7, 11) is 0. The lowest BCUT2D eigenvalue weighted by Crippen LogP contribution is -2.32. The fourth-order valence-corrected chi connectivity index (χ4v) is 3.64. The molecule has 112 valence electrons. The Kier molecular flexibility index (Phi) is 3.86. The minimum atomic E-state index is -0.414. The number of nitrogens with one attached hydrogen (secondary N) is 1. The zero-order chi connectivity index (χ0) is 15.0. The molecule has 1 heterocycles. The summed E-state index contributed by atoms with van der Waals surface area (Å²) in [5.41, 5.74) is 2.46. The molecule has 3 nitrogen and oxygen atoms in total. The molecular weight excluding hydrogens is 280 g/mol. The van der Waals surface area contributed by atoms with Gasteiger partial charge in [0, 0.05) is 23.7 Å². The molecule has 0 aliphatic heterocycles. The van der Waals surface area contributed by atoms with Crippen molar-refractivity contribution in [2.45, 2.75) is 51.3 Å². The first-order valence-electron chi connectivity index (χ1n) is 7.39. The van der Waals surface area contributed by atoms with E-state index >= 15 is 0 Å². The molecule has 0 amide bonds. The molecule has 0 saturated carbocycles. The number of aliphatic hydroxyl groups excluding tert-OH is 1. The molecule has 0 bridgehead atoms. The summed E-state index contributed by atoms with van der Waals surface area (Å²) in [6.45, 7) is 7.33. The van der Waals surface area contributed by atoms with Crippen LogP contribution in [0.1, 0.15) is 47.9 Å². The Labute approximate surface area is 130 Å². The summed E-state index contributed by atoms with van der Waals surface area (Å²) in [5, 5.41) is 14.9. The van der Waals surface area contributed by atoms with Gasteiger partial charge in [-0.15, -0.1) is 11.3 Å². The van der Waals surface area contributed by atoms with Crippen molar-refractivity contribution in [3.8, 4) is 0 Å². The van der Waals surface area contributed by atoms with Crippen LogP contribution in [0.5, 0.6) is 0 Å². The highest BCUT2D eigenvalue weighted by molar-refractivity contribution is 7.11. The number of thiazole rings is 1. The van der Waals surface area contributed by atoms with E-state index in [4.69, 9.17) is 0 Å². The van der Waals surface area contributed by atoms with Crippen molar-refractivity contribution >= 4 is 11.3 Å². The molecule has 1 aliphatic rings. The third-order valence-corrected chi connectivity index (χ3v) is 5.43. The number of rotatable bonds is 3. The molecular formula is C17H22N2OS. The molecule has 2 N–H and O–H groups in total. The molecule has 2 aromatic rings. The van der Waals surface area contributed by atoms with Gasteiger partial charge in [0.1, 0.15) is 5.01 Å². The number of aliphatic hydroxyl groups is 1. The Morgan fingerprint density at radius 3 is 2.76 bits per heavy atom. The molecule has 3 rings (SSSR count). The first kappa shape index (κ1) is 14.7. The standard InChI is InChI=1S/C17H22N2OS/c1-17(2,3)14-9-19-15(21-14)10-18-13-8-11-6-4-5-7-12(11)16(13)20/h4-7,9,13,16,18,20H,8,10H2,1-3H3/t13-,16-/m1/s1. The highest BCUT2D eigenvalue weighted by Crippen LogP contribution is 2.32. The number of nitrogens with zero attached hydrogens (tertiary/aromatic N) is 1. The van der Waals surface area contributed by atoms with Crippen LogP contribution >= 0.6 is 11.3 Å². The number of hydrogen-bond donors (Lipinski definition) is 2. The highest BCUT2D eigenvalue weighted by Gasteiger charge is 2.30. The van der Waals surface area contributed by atoms with Crippen LogP contribution in [-0.4, -0.2) is 16.1 Å². The molecule has 0 saturated heterocycles. The van der Waals surface area contributed by atoms with Crippen molar-refractivity contribution < 1.29 is 5.11 Å². The first-order chi connectivity index (χ1) is 9.95. The Bertz CT molecular complexity index is 630. The molecule has 1 aromatic carbocycles. The quantitative estimate of drug-likeness (QED) is 0.915. The summed E-state index contributed by atoms with van der Waals surface area (Å²) in [4.78, 5) is 5.79. The van der Waals surface area contributed by atoms with Gasteiger partial charge in [-0.1, -0.05) is 45.0 Å². The van der Waals surface area contributed by atoms with Crippen LogP contribution in [0.3, 0.4) is 0 Å². The average Bonchev–Trinajstić information content (AvgIpc) is 3.02. The van der Waals surface area contributed by atoms with Gasteiger partial charge < -0.3 is 10.4 Å². The highest BCUT2D eigenvalue weighted by atomic mass is 32.1. The van der Waals surface area contributed by atoms with Crippen LogP contribution < -0.4 is 5.32 Å². The van der Waals surface area contributed by atoms with Crippen molar-refractivity contribution in [1.82, 2.24) is 10.3 Å². The second kappa shape index (κ2) is 5.52. The van der Waals surface area contributed by atoms with Gasteiger partial charge in [0.25, 0.3) is 0 Å². The van der Waals surface area contributed by atoms with Crippen LogP contribution in [-0.2, 0) is 18.4 Å². The molecule has 0 unspecified atom stereocenters. The predicted octanol–water partition coefficient (Wildman–Crippen LogP) is 3.19. The zero-order valence-electron chi connectivity index (χ0n) is 12.8. The minimum Gasteiger partial charge on any atom is -0.387 e. The normalized spacial score (nSPS) is 21.5. The molecule has 0 radical (unpaired) electrons. The fraction of sp³-hybridized carbons (Fsp3) is 0.471. The summed E-state index contributed by atoms with van der Waals surface area (Å²) in [6.07, 6.45) is 2.44. The first-order valence-corrected chi connectivity index (χ1v) is 8.21. The van der Waals surface area contributed by atoms with E-state index in [2.05, 4.69) is 37.1 Å². The van der Waals surface area contributed by atoms with Gasteiger partial charge in [-0.3, -0.25) is 0 Å². The van der Waals surface area contributed by atoms with E-state index in [9.17, 15) is 5.11 Å². The number of benzene rings is 1. The van der Waals surface area contributed by atoms with Crippen LogP contribution in [0.25, 0.3) is 0 Å². The van der Waals surface area contributed by atoms with E-state index in [0.29, 0.717) is 0 Å². The summed E-state index contributed by atoms with van der Waals surface area (Å²) >= 11 is 1.75. The van der Waals surface area contributed by atoms with Gasteiger partial charge in [0.15, 0.2) is 0 Å². The van der Waals surface area contributed by atoms with E-state index in [1.54, 1.807) is 11.3 Å². The van der Waals surface area contributed by atoms with E-state index in [-0.39, 0.29) is 11.5 Å². The van der Waals surface area contributed by atoms with Crippen LogP contribution in [0, 0.1) is 0 Å². The molecule has 4 heteroatoms. The van der Waals surface area contributed by atoms with Gasteiger partial charge in [0.2, 0.25) is 0 Å². The lowest BCUT2D eigenvalue weighted by Gasteiger charge is -2.16. The molecule has 21 heavy (non-hydrogen) atoms. The predicted molar refractivity (Wildman–Crippen MR) is 86.5 cm³/mol. The minimum absolute atomic E-state index is 0.0874. The lowest BCUT2D eigenvalue weighted by atomic mass is 9.96. The maximum atomic E-state index is 10.4. The Hall–Kier alpha value is -1.23. The largest absolute Gasteiger partial charge is 0.387 e. The van der Waals surface area contributed by atoms with Crippen LogP contribution in [0.2, 0.25) is 0 Å². The topological polar surface area (TPSA) is 45.2 Å².